The zero-order valence-corrected chi connectivity index (χ0v) is 22.4. The lowest BCUT2D eigenvalue weighted by Gasteiger charge is -2.29. The molecule has 3 heterocycles. The van der Waals surface area contributed by atoms with Crippen molar-refractivity contribution in [1.82, 2.24) is 19.5 Å². The molecule has 1 aliphatic heterocycles. The Bertz CT molecular complexity index is 1260. The van der Waals surface area contributed by atoms with Crippen LogP contribution in [0.4, 0.5) is 16.2 Å². The number of rotatable bonds is 4. The molecule has 0 aliphatic carbocycles. The van der Waals surface area contributed by atoms with Gasteiger partial charge in [0.2, 0.25) is 0 Å². The largest absolute Gasteiger partial charge is 0.493 e. The standard InChI is InChI=1S/C16H17N5O3.C10H19NO2/c1-9(2)11-5-13(17)14(21(22)23)6-12(11)10-4-15(24-3)16-18-8-19-20(16)7-10;1-10(2,3)13-9(12)11-7-5-4-6-8-11/h4-9H,17H2,1-3H3;4-8H2,1-3H3. The molecule has 0 unspecified atom stereocenters. The number of hydrogen-bond acceptors (Lipinski definition) is 8. The maximum absolute atomic E-state index is 11.5. The van der Waals surface area contributed by atoms with Crippen molar-refractivity contribution >= 4 is 23.1 Å². The highest BCUT2D eigenvalue weighted by Crippen LogP contribution is 2.37. The number of carbonyl (C=O) groups is 1. The average Bonchev–Trinajstić information content (AvgIpc) is 3.31. The average molecular weight is 513 g/mol. The third-order valence-corrected chi connectivity index (χ3v) is 5.90. The van der Waals surface area contributed by atoms with Gasteiger partial charge in [-0.15, -0.1) is 0 Å². The second kappa shape index (κ2) is 11.4. The van der Waals surface area contributed by atoms with Gasteiger partial charge in [-0.3, -0.25) is 10.1 Å². The number of fused-ring (bicyclic) bond motifs is 1. The molecule has 0 radical (unpaired) electrons. The molecule has 0 saturated carbocycles. The van der Waals surface area contributed by atoms with Gasteiger partial charge in [0, 0.05) is 30.9 Å². The van der Waals surface area contributed by atoms with Crippen LogP contribution >= 0.6 is 0 Å². The zero-order chi connectivity index (χ0) is 27.3. The molecule has 2 aromatic heterocycles. The van der Waals surface area contributed by atoms with E-state index in [0.29, 0.717) is 11.4 Å². The Morgan fingerprint density at radius 2 is 1.84 bits per heavy atom. The summed E-state index contributed by atoms with van der Waals surface area (Å²) in [5.41, 5.74) is 8.48. The lowest BCUT2D eigenvalue weighted by atomic mass is 9.92. The molecule has 0 spiro atoms. The van der Waals surface area contributed by atoms with E-state index >= 15 is 0 Å². The summed E-state index contributed by atoms with van der Waals surface area (Å²) in [6, 6.07) is 4.96. The van der Waals surface area contributed by atoms with Gasteiger partial charge >= 0.3 is 6.09 Å². The summed E-state index contributed by atoms with van der Waals surface area (Å²) in [5, 5.41) is 15.4. The number of methoxy groups -OCH3 is 1. The third-order valence-electron chi connectivity index (χ3n) is 5.90. The van der Waals surface area contributed by atoms with Gasteiger partial charge < -0.3 is 20.1 Å². The van der Waals surface area contributed by atoms with Crippen LogP contribution in [0, 0.1) is 10.1 Å². The normalized spacial score (nSPS) is 13.8. The van der Waals surface area contributed by atoms with Crippen molar-refractivity contribution < 1.29 is 19.2 Å². The minimum Gasteiger partial charge on any atom is -0.493 e. The van der Waals surface area contributed by atoms with Gasteiger partial charge in [-0.2, -0.15) is 5.10 Å². The number of aromatic nitrogens is 3. The van der Waals surface area contributed by atoms with Crippen molar-refractivity contribution in [3.05, 3.63) is 46.4 Å². The molecular weight excluding hydrogens is 476 g/mol. The summed E-state index contributed by atoms with van der Waals surface area (Å²) < 4.78 is 12.2. The number of nitrogens with zero attached hydrogens (tertiary/aromatic N) is 5. The molecule has 1 saturated heterocycles. The first-order valence-corrected chi connectivity index (χ1v) is 12.3. The van der Waals surface area contributed by atoms with Crippen molar-refractivity contribution in [3.63, 3.8) is 0 Å². The number of pyridine rings is 1. The van der Waals surface area contributed by atoms with Crippen LogP contribution in [0.2, 0.25) is 0 Å². The SMILES string of the molecule is CC(C)(C)OC(=O)N1CCCCC1.COc1cc(-c2cc([N+](=O)[O-])c(N)cc2C(C)C)cn2ncnc12. The number of nitro groups is 1. The number of anilines is 1. The Labute approximate surface area is 216 Å². The van der Waals surface area contributed by atoms with Crippen LogP contribution < -0.4 is 10.5 Å². The van der Waals surface area contributed by atoms with E-state index in [2.05, 4.69) is 10.1 Å². The highest BCUT2D eigenvalue weighted by Gasteiger charge is 2.23. The number of nitrogen functional groups attached to an aromatic ring is 1. The Kier molecular flexibility index (Phi) is 8.57. The van der Waals surface area contributed by atoms with E-state index in [4.69, 9.17) is 15.2 Å². The molecule has 3 aromatic rings. The second-order valence-corrected chi connectivity index (χ2v) is 10.3. The molecule has 1 fully saturated rings. The maximum Gasteiger partial charge on any atom is 0.410 e. The summed E-state index contributed by atoms with van der Waals surface area (Å²) in [4.78, 5) is 28.2. The number of hydrogen-bond donors (Lipinski definition) is 1. The first-order chi connectivity index (χ1) is 17.4. The van der Waals surface area contributed by atoms with E-state index in [9.17, 15) is 14.9 Å². The first-order valence-electron chi connectivity index (χ1n) is 12.3. The fraction of sp³-hybridized carbons (Fsp3) is 0.500. The van der Waals surface area contributed by atoms with Crippen molar-refractivity contribution in [3.8, 4) is 16.9 Å². The number of carbonyl (C=O) groups excluding carboxylic acids is 1. The molecule has 0 bridgehead atoms. The minimum absolute atomic E-state index is 0.118. The molecule has 37 heavy (non-hydrogen) atoms. The zero-order valence-electron chi connectivity index (χ0n) is 22.4. The molecular formula is C26H36N6O5. The van der Waals surface area contributed by atoms with Crippen LogP contribution in [0.25, 0.3) is 16.8 Å². The first kappa shape index (κ1) is 27.7. The fourth-order valence-corrected chi connectivity index (χ4v) is 4.10. The summed E-state index contributed by atoms with van der Waals surface area (Å²) in [6.45, 7) is 11.4. The number of amides is 1. The van der Waals surface area contributed by atoms with Gasteiger partial charge in [-0.25, -0.2) is 14.3 Å². The second-order valence-electron chi connectivity index (χ2n) is 10.3. The molecule has 200 valence electrons. The minimum atomic E-state index is -0.478. The monoisotopic (exact) mass is 512 g/mol. The Morgan fingerprint density at radius 3 is 2.41 bits per heavy atom. The van der Waals surface area contributed by atoms with Crippen molar-refractivity contribution in [2.45, 2.75) is 65.4 Å². The topological polar surface area (TPSA) is 138 Å². The third kappa shape index (κ3) is 6.87. The summed E-state index contributed by atoms with van der Waals surface area (Å²) >= 11 is 0. The van der Waals surface area contributed by atoms with E-state index in [1.54, 1.807) is 34.9 Å². The van der Waals surface area contributed by atoms with Crippen molar-refractivity contribution in [2.24, 2.45) is 0 Å². The Morgan fingerprint density at radius 1 is 1.16 bits per heavy atom. The van der Waals surface area contributed by atoms with Gasteiger partial charge in [-0.1, -0.05) is 13.8 Å². The lowest BCUT2D eigenvalue weighted by molar-refractivity contribution is -0.383. The number of piperidine rings is 1. The predicted octanol–water partition coefficient (Wildman–Crippen LogP) is 5.43. The number of likely N-dealkylation sites (tertiary alicyclic amines) is 1. The van der Waals surface area contributed by atoms with Gasteiger partial charge in [-0.05, 0) is 69.2 Å². The molecule has 4 rings (SSSR count). The molecule has 2 N–H and O–H groups in total. The predicted molar refractivity (Wildman–Crippen MR) is 142 cm³/mol. The number of nitro benzene ring substituents is 1. The van der Waals surface area contributed by atoms with Crippen LogP contribution in [-0.4, -0.2) is 56.3 Å². The molecule has 11 nitrogen and oxygen atoms in total. The van der Waals surface area contributed by atoms with Gasteiger partial charge in [0.15, 0.2) is 11.4 Å². The smallest absolute Gasteiger partial charge is 0.410 e. The lowest BCUT2D eigenvalue weighted by Crippen LogP contribution is -2.39. The quantitative estimate of drug-likeness (QED) is 0.277. The highest BCUT2D eigenvalue weighted by atomic mass is 16.6. The maximum atomic E-state index is 11.5. The molecule has 1 aliphatic rings. The van der Waals surface area contributed by atoms with E-state index in [1.807, 2.05) is 34.6 Å². The van der Waals surface area contributed by atoms with E-state index in [0.717, 1.165) is 42.6 Å². The van der Waals surface area contributed by atoms with Crippen LogP contribution in [0.3, 0.4) is 0 Å². The molecule has 0 atom stereocenters. The highest BCUT2D eigenvalue weighted by molar-refractivity contribution is 5.78. The molecule has 1 amide bonds. The van der Waals surface area contributed by atoms with Crippen LogP contribution in [0.15, 0.2) is 30.7 Å². The summed E-state index contributed by atoms with van der Waals surface area (Å²) in [7, 11) is 1.54. The van der Waals surface area contributed by atoms with Crippen molar-refractivity contribution in [2.75, 3.05) is 25.9 Å². The Balaban J connectivity index is 0.000000248. The summed E-state index contributed by atoms with van der Waals surface area (Å²) in [6.07, 6.45) is 6.49. The number of benzene rings is 1. The van der Waals surface area contributed by atoms with E-state index < -0.39 is 4.92 Å². The number of nitrogens with two attached hydrogens (primary N) is 1. The van der Waals surface area contributed by atoms with Crippen molar-refractivity contribution in [1.29, 1.82) is 0 Å². The Hall–Kier alpha value is -3.89. The molecule has 11 heteroatoms. The van der Waals surface area contributed by atoms with E-state index in [1.165, 1.54) is 18.8 Å². The summed E-state index contributed by atoms with van der Waals surface area (Å²) in [5.74, 6) is 0.680. The van der Waals surface area contributed by atoms with Gasteiger partial charge in [0.25, 0.3) is 5.69 Å². The van der Waals surface area contributed by atoms with E-state index in [-0.39, 0.29) is 29.0 Å². The fourth-order valence-electron chi connectivity index (χ4n) is 4.10. The van der Waals surface area contributed by atoms with Crippen LogP contribution in [-0.2, 0) is 4.74 Å². The number of ether oxygens (including phenoxy) is 2. The van der Waals surface area contributed by atoms with Gasteiger partial charge in [0.05, 0.1) is 12.0 Å². The van der Waals surface area contributed by atoms with Gasteiger partial charge in [0.1, 0.15) is 17.6 Å². The van der Waals surface area contributed by atoms with Crippen LogP contribution in [0.1, 0.15) is 65.4 Å². The molecule has 1 aromatic carbocycles. The van der Waals surface area contributed by atoms with Crippen LogP contribution in [0.5, 0.6) is 5.75 Å².